The molecule has 1 aromatic carbocycles. The SMILES string of the molecule is CC(C)(C)OC(=O)N1CCN(S(=O)(=O)c2ccccc2)CC1. The minimum atomic E-state index is -3.49. The number of ether oxygens (including phenoxy) is 1. The molecule has 0 radical (unpaired) electrons. The quantitative estimate of drug-likeness (QED) is 0.833. The molecule has 1 amide bonds. The molecule has 1 aliphatic rings. The van der Waals surface area contributed by atoms with Crippen LogP contribution in [0.4, 0.5) is 4.79 Å². The van der Waals surface area contributed by atoms with Gasteiger partial charge in [0.2, 0.25) is 10.0 Å². The third-order valence-corrected chi connectivity index (χ3v) is 5.18. The van der Waals surface area contributed by atoms with Gasteiger partial charge in [-0.2, -0.15) is 4.31 Å². The van der Waals surface area contributed by atoms with Crippen molar-refractivity contribution in [3.05, 3.63) is 30.3 Å². The Bertz CT molecular complexity index is 615. The Hall–Kier alpha value is -1.60. The van der Waals surface area contributed by atoms with Crippen LogP contribution in [0.1, 0.15) is 20.8 Å². The van der Waals surface area contributed by atoms with E-state index in [1.165, 1.54) is 4.31 Å². The van der Waals surface area contributed by atoms with E-state index >= 15 is 0 Å². The van der Waals surface area contributed by atoms with Crippen molar-refractivity contribution in [2.24, 2.45) is 0 Å². The van der Waals surface area contributed by atoms with Crippen LogP contribution in [0.5, 0.6) is 0 Å². The van der Waals surface area contributed by atoms with Gasteiger partial charge in [-0.05, 0) is 32.9 Å². The lowest BCUT2D eigenvalue weighted by atomic mass is 10.2. The van der Waals surface area contributed by atoms with E-state index in [9.17, 15) is 13.2 Å². The molecule has 122 valence electrons. The van der Waals surface area contributed by atoms with Crippen molar-refractivity contribution in [3.8, 4) is 0 Å². The van der Waals surface area contributed by atoms with E-state index in [4.69, 9.17) is 4.74 Å². The normalized spacial score (nSPS) is 17.3. The fourth-order valence-corrected chi connectivity index (χ4v) is 3.62. The number of nitrogens with zero attached hydrogens (tertiary/aromatic N) is 2. The highest BCUT2D eigenvalue weighted by atomic mass is 32.2. The Labute approximate surface area is 131 Å². The van der Waals surface area contributed by atoms with Crippen molar-refractivity contribution in [1.29, 1.82) is 0 Å². The van der Waals surface area contributed by atoms with Crippen molar-refractivity contribution in [2.45, 2.75) is 31.3 Å². The molecule has 22 heavy (non-hydrogen) atoms. The fraction of sp³-hybridized carbons (Fsp3) is 0.533. The average molecular weight is 326 g/mol. The predicted molar refractivity (Wildman–Crippen MR) is 83.0 cm³/mol. The number of hydrogen-bond donors (Lipinski definition) is 0. The first-order valence-electron chi connectivity index (χ1n) is 7.23. The van der Waals surface area contributed by atoms with Gasteiger partial charge in [0, 0.05) is 26.2 Å². The summed E-state index contributed by atoms with van der Waals surface area (Å²) < 4.78 is 31.7. The third kappa shape index (κ3) is 3.98. The summed E-state index contributed by atoms with van der Waals surface area (Å²) >= 11 is 0. The second kappa shape index (κ2) is 6.26. The smallest absolute Gasteiger partial charge is 0.410 e. The molecule has 1 aliphatic heterocycles. The molecule has 0 aliphatic carbocycles. The molecule has 0 spiro atoms. The predicted octanol–water partition coefficient (Wildman–Crippen LogP) is 1.93. The van der Waals surface area contributed by atoms with E-state index in [0.717, 1.165) is 0 Å². The van der Waals surface area contributed by atoms with Crippen molar-refractivity contribution >= 4 is 16.1 Å². The van der Waals surface area contributed by atoms with E-state index in [-0.39, 0.29) is 18.0 Å². The zero-order chi connectivity index (χ0) is 16.4. The Morgan fingerprint density at radius 1 is 1.05 bits per heavy atom. The second-order valence-electron chi connectivity index (χ2n) is 6.18. The van der Waals surface area contributed by atoms with Crippen molar-refractivity contribution < 1.29 is 17.9 Å². The van der Waals surface area contributed by atoms with E-state index < -0.39 is 21.7 Å². The maximum absolute atomic E-state index is 12.5. The molecular formula is C15H22N2O4S. The first kappa shape index (κ1) is 16.8. The standard InChI is InChI=1S/C15H22N2O4S/c1-15(2,3)21-14(18)16-9-11-17(12-10-16)22(19,20)13-7-5-4-6-8-13/h4-8H,9-12H2,1-3H3. The zero-order valence-corrected chi connectivity index (χ0v) is 14.0. The van der Waals surface area contributed by atoms with Crippen LogP contribution >= 0.6 is 0 Å². The number of hydrogen-bond acceptors (Lipinski definition) is 4. The molecule has 0 saturated carbocycles. The van der Waals surface area contributed by atoms with E-state index in [0.29, 0.717) is 13.1 Å². The topological polar surface area (TPSA) is 66.9 Å². The van der Waals surface area contributed by atoms with Crippen LogP contribution in [0.2, 0.25) is 0 Å². The zero-order valence-electron chi connectivity index (χ0n) is 13.2. The minimum Gasteiger partial charge on any atom is -0.444 e. The van der Waals surface area contributed by atoms with Crippen LogP contribution in [-0.2, 0) is 14.8 Å². The highest BCUT2D eigenvalue weighted by Gasteiger charge is 2.31. The number of carbonyl (C=O) groups excluding carboxylic acids is 1. The molecular weight excluding hydrogens is 304 g/mol. The number of benzene rings is 1. The maximum Gasteiger partial charge on any atom is 0.410 e. The highest BCUT2D eigenvalue weighted by molar-refractivity contribution is 7.89. The lowest BCUT2D eigenvalue weighted by Crippen LogP contribution is -2.51. The molecule has 0 atom stereocenters. The first-order chi connectivity index (χ1) is 10.2. The van der Waals surface area contributed by atoms with E-state index in [1.54, 1.807) is 56.0 Å². The number of piperazine rings is 1. The van der Waals surface area contributed by atoms with Gasteiger partial charge in [-0.3, -0.25) is 0 Å². The Balaban J connectivity index is 1.99. The lowest BCUT2D eigenvalue weighted by Gasteiger charge is -2.34. The molecule has 2 rings (SSSR count). The van der Waals surface area contributed by atoms with Crippen molar-refractivity contribution in [1.82, 2.24) is 9.21 Å². The molecule has 1 saturated heterocycles. The average Bonchev–Trinajstić information content (AvgIpc) is 2.46. The van der Waals surface area contributed by atoms with Gasteiger partial charge in [0.25, 0.3) is 0 Å². The van der Waals surface area contributed by atoms with Gasteiger partial charge >= 0.3 is 6.09 Å². The molecule has 1 heterocycles. The maximum atomic E-state index is 12.5. The largest absolute Gasteiger partial charge is 0.444 e. The van der Waals surface area contributed by atoms with Gasteiger partial charge in [-0.15, -0.1) is 0 Å². The van der Waals surface area contributed by atoms with Crippen LogP contribution in [0.25, 0.3) is 0 Å². The van der Waals surface area contributed by atoms with Gasteiger partial charge in [-0.25, -0.2) is 13.2 Å². The minimum absolute atomic E-state index is 0.274. The summed E-state index contributed by atoms with van der Waals surface area (Å²) in [5, 5.41) is 0. The second-order valence-corrected chi connectivity index (χ2v) is 8.12. The molecule has 0 N–H and O–H groups in total. The third-order valence-electron chi connectivity index (χ3n) is 3.27. The van der Waals surface area contributed by atoms with Crippen molar-refractivity contribution in [3.63, 3.8) is 0 Å². The Morgan fingerprint density at radius 3 is 2.09 bits per heavy atom. The molecule has 1 aromatic rings. The molecule has 7 heteroatoms. The van der Waals surface area contributed by atoms with E-state index in [2.05, 4.69) is 0 Å². The highest BCUT2D eigenvalue weighted by Crippen LogP contribution is 2.18. The molecule has 0 unspecified atom stereocenters. The number of carbonyl (C=O) groups is 1. The number of sulfonamides is 1. The van der Waals surface area contributed by atoms with Gasteiger partial charge in [0.15, 0.2) is 0 Å². The summed E-state index contributed by atoms with van der Waals surface area (Å²) in [6.07, 6.45) is -0.399. The van der Waals surface area contributed by atoms with Crippen molar-refractivity contribution in [2.75, 3.05) is 26.2 Å². The van der Waals surface area contributed by atoms with Crippen LogP contribution in [0.15, 0.2) is 35.2 Å². The van der Waals surface area contributed by atoms with Crippen LogP contribution in [0.3, 0.4) is 0 Å². The van der Waals surface area contributed by atoms with Gasteiger partial charge in [0.05, 0.1) is 4.90 Å². The van der Waals surface area contributed by atoms with Gasteiger partial charge in [0.1, 0.15) is 5.60 Å². The van der Waals surface area contributed by atoms with Gasteiger partial charge in [-0.1, -0.05) is 18.2 Å². The molecule has 6 nitrogen and oxygen atoms in total. The number of rotatable bonds is 2. The van der Waals surface area contributed by atoms with E-state index in [1.807, 2.05) is 0 Å². The lowest BCUT2D eigenvalue weighted by molar-refractivity contribution is 0.0192. The summed E-state index contributed by atoms with van der Waals surface area (Å²) in [5.41, 5.74) is -0.551. The Morgan fingerprint density at radius 2 is 1.59 bits per heavy atom. The monoisotopic (exact) mass is 326 g/mol. The summed E-state index contributed by atoms with van der Waals surface area (Å²) in [6.45, 7) is 6.64. The fourth-order valence-electron chi connectivity index (χ4n) is 2.18. The van der Waals surface area contributed by atoms with Gasteiger partial charge < -0.3 is 9.64 Å². The first-order valence-corrected chi connectivity index (χ1v) is 8.67. The summed E-state index contributed by atoms with van der Waals surface area (Å²) in [6, 6.07) is 8.33. The number of amides is 1. The molecule has 1 fully saturated rings. The van der Waals surface area contributed by atoms with Crippen LogP contribution in [0, 0.1) is 0 Å². The van der Waals surface area contributed by atoms with Crippen LogP contribution < -0.4 is 0 Å². The molecule has 0 aromatic heterocycles. The summed E-state index contributed by atoms with van der Waals surface area (Å²) in [4.78, 5) is 13.8. The Kier molecular flexibility index (Phi) is 4.77. The summed E-state index contributed by atoms with van der Waals surface area (Å²) in [5.74, 6) is 0. The molecule has 0 bridgehead atoms. The summed E-state index contributed by atoms with van der Waals surface area (Å²) in [7, 11) is -3.49. The van der Waals surface area contributed by atoms with Crippen LogP contribution in [-0.4, -0.2) is 55.5 Å².